The molecule has 1 saturated heterocycles. The Morgan fingerprint density at radius 2 is 1.66 bits per heavy atom. The number of pyridine rings is 2. The Bertz CT molecular complexity index is 1040. The van der Waals surface area contributed by atoms with Crippen LogP contribution in [0, 0.1) is 0 Å². The van der Waals surface area contributed by atoms with Crippen molar-refractivity contribution in [3.05, 3.63) is 84.7 Å². The minimum absolute atomic E-state index is 0.217. The quantitative estimate of drug-likeness (QED) is 0.619. The van der Waals surface area contributed by atoms with Gasteiger partial charge < -0.3 is 15.1 Å². The number of hydrogen-bond donors (Lipinski definition) is 1. The third-order valence-corrected chi connectivity index (χ3v) is 5.91. The Balaban J connectivity index is 1.27. The maximum atomic E-state index is 12.7. The summed E-state index contributed by atoms with van der Waals surface area (Å²) in [6, 6.07) is 18.1. The molecule has 0 spiro atoms. The van der Waals surface area contributed by atoms with E-state index in [0.717, 1.165) is 60.9 Å². The smallest absolute Gasteiger partial charge is 0.223 e. The number of carbonyl (C=O) groups is 1. The van der Waals surface area contributed by atoms with Crippen molar-refractivity contribution in [1.82, 2.24) is 19.8 Å². The van der Waals surface area contributed by atoms with Gasteiger partial charge in [0.15, 0.2) is 0 Å². The van der Waals surface area contributed by atoms with E-state index in [2.05, 4.69) is 38.9 Å². The minimum atomic E-state index is 0.217. The van der Waals surface area contributed by atoms with Gasteiger partial charge in [-0.2, -0.15) is 0 Å². The van der Waals surface area contributed by atoms with E-state index in [1.807, 2.05) is 60.6 Å². The second-order valence-electron chi connectivity index (χ2n) is 7.91. The normalized spacial score (nSPS) is 13.7. The van der Waals surface area contributed by atoms with Gasteiger partial charge in [0.2, 0.25) is 5.91 Å². The molecule has 32 heavy (non-hydrogen) atoms. The van der Waals surface area contributed by atoms with E-state index >= 15 is 0 Å². The lowest BCUT2D eigenvalue weighted by Crippen LogP contribution is -2.47. The number of piperazine rings is 1. The lowest BCUT2D eigenvalue weighted by atomic mass is 10.1. The fourth-order valence-electron chi connectivity index (χ4n) is 3.89. The molecule has 0 radical (unpaired) electrons. The fraction of sp³-hybridized carbons (Fsp3) is 0.269. The van der Waals surface area contributed by atoms with Crippen molar-refractivity contribution in [2.75, 3.05) is 38.5 Å². The van der Waals surface area contributed by atoms with Crippen LogP contribution >= 0.6 is 0 Å². The van der Waals surface area contributed by atoms with Gasteiger partial charge >= 0.3 is 0 Å². The van der Waals surface area contributed by atoms with E-state index in [9.17, 15) is 4.79 Å². The molecule has 1 aromatic carbocycles. The minimum Gasteiger partial charge on any atom is -0.388 e. The average Bonchev–Trinajstić information content (AvgIpc) is 2.88. The van der Waals surface area contributed by atoms with Gasteiger partial charge in [-0.15, -0.1) is 0 Å². The summed E-state index contributed by atoms with van der Waals surface area (Å²) in [7, 11) is 1.90. The molecule has 6 nitrogen and oxygen atoms in total. The molecule has 4 rings (SSSR count). The van der Waals surface area contributed by atoms with Gasteiger partial charge in [0.1, 0.15) is 0 Å². The summed E-state index contributed by atoms with van der Waals surface area (Å²) < 4.78 is 0. The van der Waals surface area contributed by atoms with E-state index in [1.165, 1.54) is 5.56 Å². The molecule has 0 bridgehead atoms. The highest BCUT2D eigenvalue weighted by Gasteiger charge is 2.22. The molecule has 0 atom stereocenters. The van der Waals surface area contributed by atoms with Gasteiger partial charge in [-0.3, -0.25) is 14.8 Å². The van der Waals surface area contributed by atoms with Crippen molar-refractivity contribution in [3.63, 3.8) is 0 Å². The van der Waals surface area contributed by atoms with Crippen LogP contribution in [0.5, 0.6) is 0 Å². The molecule has 3 aromatic rings. The van der Waals surface area contributed by atoms with Crippen molar-refractivity contribution < 1.29 is 4.79 Å². The number of anilines is 1. The summed E-state index contributed by atoms with van der Waals surface area (Å²) in [4.78, 5) is 25.8. The second kappa shape index (κ2) is 10.1. The van der Waals surface area contributed by atoms with Crippen LogP contribution in [0.2, 0.25) is 0 Å². The number of amides is 1. The third-order valence-electron chi connectivity index (χ3n) is 5.91. The van der Waals surface area contributed by atoms with E-state index in [1.54, 1.807) is 6.20 Å². The summed E-state index contributed by atoms with van der Waals surface area (Å²) in [5.74, 6) is 0.217. The van der Waals surface area contributed by atoms with E-state index in [0.29, 0.717) is 6.42 Å². The Labute approximate surface area is 189 Å². The van der Waals surface area contributed by atoms with Gasteiger partial charge in [0.25, 0.3) is 0 Å². The van der Waals surface area contributed by atoms with E-state index in [-0.39, 0.29) is 5.91 Å². The molecule has 1 N–H and O–H groups in total. The zero-order valence-corrected chi connectivity index (χ0v) is 18.5. The molecule has 1 aliphatic heterocycles. The van der Waals surface area contributed by atoms with Crippen LogP contribution in [0.1, 0.15) is 17.5 Å². The molecule has 0 aliphatic carbocycles. The van der Waals surface area contributed by atoms with Crippen molar-refractivity contribution in [2.24, 2.45) is 0 Å². The summed E-state index contributed by atoms with van der Waals surface area (Å²) in [5.41, 5.74) is 5.91. The molecule has 164 valence electrons. The number of nitrogens with one attached hydrogen (secondary N) is 1. The number of benzene rings is 1. The molecule has 6 heteroatoms. The van der Waals surface area contributed by atoms with Crippen LogP contribution < -0.4 is 5.32 Å². The van der Waals surface area contributed by atoms with Gasteiger partial charge in [-0.25, -0.2) is 0 Å². The number of carbonyl (C=O) groups excluding carboxylic acids is 1. The van der Waals surface area contributed by atoms with Crippen molar-refractivity contribution >= 4 is 17.3 Å². The van der Waals surface area contributed by atoms with Crippen molar-refractivity contribution in [2.45, 2.75) is 12.8 Å². The summed E-state index contributed by atoms with van der Waals surface area (Å²) in [6.07, 6.45) is 4.93. The fourth-order valence-corrected chi connectivity index (χ4v) is 3.89. The lowest BCUT2D eigenvalue weighted by Gasteiger charge is -2.37. The Morgan fingerprint density at radius 1 is 0.938 bits per heavy atom. The molecule has 1 amide bonds. The SMILES string of the molecule is C=C(c1ccc(-c2ccccn2)nc1)N1CCN(C(=O)CCc2ccc(NC)cc2)CC1. The number of rotatable bonds is 7. The van der Waals surface area contributed by atoms with Crippen molar-refractivity contribution in [3.8, 4) is 11.4 Å². The predicted molar refractivity (Wildman–Crippen MR) is 129 cm³/mol. The first-order valence-electron chi connectivity index (χ1n) is 11.0. The van der Waals surface area contributed by atoms with Crippen LogP contribution in [-0.2, 0) is 11.2 Å². The number of nitrogens with zero attached hydrogens (tertiary/aromatic N) is 4. The molecule has 1 aliphatic rings. The summed E-state index contributed by atoms with van der Waals surface area (Å²) in [6.45, 7) is 7.27. The highest BCUT2D eigenvalue weighted by atomic mass is 16.2. The first-order chi connectivity index (χ1) is 15.6. The lowest BCUT2D eigenvalue weighted by molar-refractivity contribution is -0.132. The monoisotopic (exact) mass is 427 g/mol. The van der Waals surface area contributed by atoms with Crippen LogP contribution in [0.15, 0.2) is 73.6 Å². The zero-order valence-electron chi connectivity index (χ0n) is 18.5. The Kier molecular flexibility index (Phi) is 6.80. The molecule has 0 saturated carbocycles. The maximum Gasteiger partial charge on any atom is 0.223 e. The Morgan fingerprint density at radius 3 is 2.28 bits per heavy atom. The number of aromatic nitrogens is 2. The van der Waals surface area contributed by atoms with Crippen LogP contribution in [-0.4, -0.2) is 58.9 Å². The van der Waals surface area contributed by atoms with Crippen LogP contribution in [0.4, 0.5) is 5.69 Å². The maximum absolute atomic E-state index is 12.7. The zero-order chi connectivity index (χ0) is 22.3. The predicted octanol–water partition coefficient (Wildman–Crippen LogP) is 3.93. The molecule has 1 fully saturated rings. The second-order valence-corrected chi connectivity index (χ2v) is 7.91. The first-order valence-corrected chi connectivity index (χ1v) is 11.0. The summed E-state index contributed by atoms with van der Waals surface area (Å²) in [5, 5.41) is 3.11. The van der Waals surface area contributed by atoms with Crippen molar-refractivity contribution in [1.29, 1.82) is 0 Å². The van der Waals surface area contributed by atoms with Crippen LogP contribution in [0.3, 0.4) is 0 Å². The topological polar surface area (TPSA) is 61.4 Å². The van der Waals surface area contributed by atoms with E-state index < -0.39 is 0 Å². The van der Waals surface area contributed by atoms with Gasteiger partial charge in [-0.1, -0.05) is 24.8 Å². The highest BCUT2D eigenvalue weighted by Crippen LogP contribution is 2.21. The molecule has 2 aromatic heterocycles. The molecular weight excluding hydrogens is 398 g/mol. The van der Waals surface area contributed by atoms with Crippen LogP contribution in [0.25, 0.3) is 17.1 Å². The number of aryl methyl sites for hydroxylation is 1. The molecule has 3 heterocycles. The highest BCUT2D eigenvalue weighted by molar-refractivity contribution is 5.76. The first kappa shape index (κ1) is 21.6. The molecule has 0 unspecified atom stereocenters. The summed E-state index contributed by atoms with van der Waals surface area (Å²) >= 11 is 0. The Hall–Kier alpha value is -3.67. The van der Waals surface area contributed by atoms with Gasteiger partial charge in [0, 0.05) is 69.0 Å². The standard InChI is InChI=1S/C26H29N5O/c1-20(22-9-12-25(29-19-22)24-5-3-4-14-28-24)30-15-17-31(18-16-30)26(32)13-8-21-6-10-23(27-2)11-7-21/h3-7,9-12,14,19,27H,1,8,13,15-18H2,2H3. The average molecular weight is 428 g/mol. The molecular formula is C26H29N5O. The third kappa shape index (κ3) is 5.14. The number of hydrogen-bond acceptors (Lipinski definition) is 5. The largest absolute Gasteiger partial charge is 0.388 e. The van der Waals surface area contributed by atoms with Gasteiger partial charge in [0.05, 0.1) is 11.4 Å². The van der Waals surface area contributed by atoms with E-state index in [4.69, 9.17) is 0 Å². The van der Waals surface area contributed by atoms with Gasteiger partial charge in [-0.05, 0) is 48.4 Å².